The van der Waals surface area contributed by atoms with Crippen LogP contribution in [0.4, 0.5) is 0 Å². The van der Waals surface area contributed by atoms with E-state index in [1.807, 2.05) is 7.11 Å². The summed E-state index contributed by atoms with van der Waals surface area (Å²) >= 11 is 0. The lowest BCUT2D eigenvalue weighted by atomic mass is 10.1. The van der Waals surface area contributed by atoms with E-state index >= 15 is 0 Å². The number of rotatable bonds is 43. The highest BCUT2D eigenvalue weighted by Gasteiger charge is 2.15. The Bertz CT molecular complexity index is 790. The summed E-state index contributed by atoms with van der Waals surface area (Å²) in [5, 5.41) is 0. The van der Waals surface area contributed by atoms with E-state index in [4.69, 9.17) is 18.9 Å². The summed E-state index contributed by atoms with van der Waals surface area (Å²) in [6, 6.07) is 0. The van der Waals surface area contributed by atoms with Crippen molar-refractivity contribution in [2.24, 2.45) is 0 Å². The van der Waals surface area contributed by atoms with Gasteiger partial charge >= 0.3 is 0 Å². The number of methoxy groups -OCH3 is 1. The van der Waals surface area contributed by atoms with Crippen LogP contribution in [0.2, 0.25) is 0 Å². The Hall–Kier alpha value is -1.41. The lowest BCUT2D eigenvalue weighted by molar-refractivity contribution is -0.135. The zero-order valence-electron chi connectivity index (χ0n) is 34.7. The molecule has 7 heteroatoms. The maximum atomic E-state index is 12.6. The molecular weight excluding hydrogens is 652 g/mol. The van der Waals surface area contributed by atoms with Gasteiger partial charge in [0.15, 0.2) is 17.3 Å². The fourth-order valence-electron chi connectivity index (χ4n) is 6.35. The van der Waals surface area contributed by atoms with Gasteiger partial charge in [-0.2, -0.15) is 0 Å². The Kier molecular flexibility index (Phi) is 39.7. The molecule has 1 unspecified atom stereocenters. The minimum atomic E-state index is -0.491. The predicted octanol–water partition coefficient (Wildman–Crippen LogP) is 12.1. The second-order valence-corrected chi connectivity index (χ2v) is 15.0. The standard InChI is InChI=1S/C45H84O7/c1-5-8-11-14-18-22-26-31-41(46)36-50-39-45(40-51-37-42(47)32-27-23-19-15-12-9-6-2)52-38-43(48)33-28-24-20-16-17-21-25-30-35-44(49-4)34-29-13-10-7-3/h25,30,44-45H,5-24,26-29,31-40H2,1-4H3/b30-25+. The van der Waals surface area contributed by atoms with Crippen molar-refractivity contribution in [1.29, 1.82) is 0 Å². The van der Waals surface area contributed by atoms with Crippen LogP contribution in [0.3, 0.4) is 0 Å². The number of Topliss-reactive ketones (excluding diaryl/α,β-unsaturated/α-hetero) is 3. The Morgan fingerprint density at radius 2 is 0.865 bits per heavy atom. The summed E-state index contributed by atoms with van der Waals surface area (Å²) in [5.74, 6) is 0.261. The predicted molar refractivity (Wildman–Crippen MR) is 217 cm³/mol. The molecule has 0 aliphatic rings. The number of hydrogen-bond acceptors (Lipinski definition) is 7. The first-order chi connectivity index (χ1) is 25.5. The molecule has 306 valence electrons. The van der Waals surface area contributed by atoms with E-state index in [9.17, 15) is 14.4 Å². The molecule has 0 amide bonds. The summed E-state index contributed by atoms with van der Waals surface area (Å²) in [7, 11) is 1.82. The van der Waals surface area contributed by atoms with Crippen LogP contribution < -0.4 is 0 Å². The van der Waals surface area contributed by atoms with E-state index in [1.54, 1.807) is 0 Å². The lowest BCUT2D eigenvalue weighted by Gasteiger charge is -2.18. The molecule has 0 aliphatic carbocycles. The van der Waals surface area contributed by atoms with Gasteiger partial charge in [0.1, 0.15) is 25.9 Å². The molecule has 0 spiro atoms. The normalized spacial score (nSPS) is 12.3. The largest absolute Gasteiger partial charge is 0.381 e. The summed E-state index contributed by atoms with van der Waals surface area (Å²) in [4.78, 5) is 37.4. The molecule has 0 radical (unpaired) electrons. The first kappa shape index (κ1) is 50.6. The first-order valence-corrected chi connectivity index (χ1v) is 22.0. The number of carbonyl (C=O) groups excluding carboxylic acids is 3. The van der Waals surface area contributed by atoms with Crippen molar-refractivity contribution in [1.82, 2.24) is 0 Å². The van der Waals surface area contributed by atoms with Crippen molar-refractivity contribution in [2.75, 3.05) is 40.1 Å². The van der Waals surface area contributed by atoms with Crippen LogP contribution in [0.1, 0.15) is 207 Å². The van der Waals surface area contributed by atoms with Crippen LogP contribution in [0, 0.1) is 0 Å². The van der Waals surface area contributed by atoms with Crippen LogP contribution in [0.5, 0.6) is 0 Å². The van der Waals surface area contributed by atoms with Gasteiger partial charge in [-0.25, -0.2) is 0 Å². The van der Waals surface area contributed by atoms with Crippen molar-refractivity contribution in [3.63, 3.8) is 0 Å². The molecule has 52 heavy (non-hydrogen) atoms. The fraction of sp³-hybridized carbons (Fsp3) is 0.889. The molecule has 7 nitrogen and oxygen atoms in total. The van der Waals surface area contributed by atoms with Gasteiger partial charge in [0.25, 0.3) is 0 Å². The SMILES string of the molecule is CCCCCCCCCC(=O)COCC(COCC(=O)CCCCCCCCC)OCC(=O)CCCCCCC/C=C/CC(CCCCCC)OC. The highest BCUT2D eigenvalue weighted by molar-refractivity contribution is 5.80. The molecular formula is C45H84O7. The third-order valence-electron chi connectivity index (χ3n) is 9.84. The minimum Gasteiger partial charge on any atom is -0.381 e. The van der Waals surface area contributed by atoms with Crippen LogP contribution in [0.15, 0.2) is 12.2 Å². The van der Waals surface area contributed by atoms with Gasteiger partial charge < -0.3 is 18.9 Å². The molecule has 0 heterocycles. The van der Waals surface area contributed by atoms with Crippen LogP contribution in [-0.2, 0) is 33.3 Å². The number of allylic oxidation sites excluding steroid dienone is 1. The molecule has 0 aromatic rings. The average Bonchev–Trinajstić information content (AvgIpc) is 3.14. The highest BCUT2D eigenvalue weighted by atomic mass is 16.6. The number of ether oxygens (including phenoxy) is 4. The third kappa shape index (κ3) is 36.9. The fourth-order valence-corrected chi connectivity index (χ4v) is 6.35. The van der Waals surface area contributed by atoms with Gasteiger partial charge in [0.05, 0.1) is 19.3 Å². The van der Waals surface area contributed by atoms with Crippen LogP contribution in [-0.4, -0.2) is 69.7 Å². The highest BCUT2D eigenvalue weighted by Crippen LogP contribution is 2.14. The first-order valence-electron chi connectivity index (χ1n) is 22.0. The molecule has 0 bridgehead atoms. The third-order valence-corrected chi connectivity index (χ3v) is 9.84. The lowest BCUT2D eigenvalue weighted by Crippen LogP contribution is -2.30. The molecule has 0 saturated carbocycles. The van der Waals surface area contributed by atoms with Crippen molar-refractivity contribution in [3.05, 3.63) is 12.2 Å². The van der Waals surface area contributed by atoms with Gasteiger partial charge in [-0.1, -0.05) is 155 Å². The Labute approximate surface area is 321 Å². The summed E-state index contributed by atoms with van der Waals surface area (Å²) in [6.07, 6.45) is 36.1. The van der Waals surface area contributed by atoms with Crippen LogP contribution >= 0.6 is 0 Å². The van der Waals surface area contributed by atoms with E-state index in [0.717, 1.165) is 64.2 Å². The molecule has 0 N–H and O–H groups in total. The van der Waals surface area contributed by atoms with E-state index < -0.39 is 6.10 Å². The van der Waals surface area contributed by atoms with Crippen molar-refractivity contribution >= 4 is 17.3 Å². The Morgan fingerprint density at radius 3 is 1.33 bits per heavy atom. The van der Waals surface area contributed by atoms with E-state index in [2.05, 4.69) is 32.9 Å². The maximum absolute atomic E-state index is 12.6. The molecule has 0 fully saturated rings. The monoisotopic (exact) mass is 737 g/mol. The van der Waals surface area contributed by atoms with Crippen molar-refractivity contribution in [2.45, 2.75) is 219 Å². The number of carbonyl (C=O) groups is 3. The summed E-state index contributed by atoms with van der Waals surface area (Å²) < 4.78 is 23.0. The number of hydrogen-bond donors (Lipinski definition) is 0. The number of ketones is 3. The zero-order valence-corrected chi connectivity index (χ0v) is 34.7. The second-order valence-electron chi connectivity index (χ2n) is 15.0. The van der Waals surface area contributed by atoms with E-state index in [1.165, 1.54) is 103 Å². The minimum absolute atomic E-state index is 0.00120. The summed E-state index contributed by atoms with van der Waals surface area (Å²) in [5.41, 5.74) is 0. The summed E-state index contributed by atoms with van der Waals surface area (Å²) in [6.45, 7) is 7.10. The molecule has 0 rings (SSSR count). The van der Waals surface area contributed by atoms with Gasteiger partial charge in [0, 0.05) is 26.4 Å². The van der Waals surface area contributed by atoms with Gasteiger partial charge in [0.2, 0.25) is 0 Å². The Morgan fingerprint density at radius 1 is 0.462 bits per heavy atom. The topological polar surface area (TPSA) is 88.1 Å². The van der Waals surface area contributed by atoms with Gasteiger partial charge in [-0.3, -0.25) is 14.4 Å². The molecule has 0 aromatic heterocycles. The quantitative estimate of drug-likeness (QED) is 0.0455. The zero-order chi connectivity index (χ0) is 38.2. The van der Waals surface area contributed by atoms with E-state index in [0.29, 0.717) is 25.4 Å². The molecule has 0 saturated heterocycles. The number of unbranched alkanes of at least 4 members (excludes halogenated alkanes) is 20. The van der Waals surface area contributed by atoms with Crippen molar-refractivity contribution < 1.29 is 33.3 Å². The Balaban J connectivity index is 4.33. The second kappa shape index (κ2) is 40.8. The van der Waals surface area contributed by atoms with E-state index in [-0.39, 0.29) is 50.4 Å². The molecule has 0 aliphatic heterocycles. The van der Waals surface area contributed by atoms with Crippen molar-refractivity contribution in [3.8, 4) is 0 Å². The van der Waals surface area contributed by atoms with Crippen LogP contribution in [0.25, 0.3) is 0 Å². The smallest absolute Gasteiger partial charge is 0.158 e. The van der Waals surface area contributed by atoms with Gasteiger partial charge in [-0.05, 0) is 44.9 Å². The maximum Gasteiger partial charge on any atom is 0.158 e. The average molecular weight is 737 g/mol. The molecule has 0 aromatic carbocycles. The van der Waals surface area contributed by atoms with Gasteiger partial charge in [-0.15, -0.1) is 0 Å². The molecule has 1 atom stereocenters.